The molecule has 0 bridgehead atoms. The largest absolute Gasteiger partial charge is 0.343 e. The molecule has 1 saturated heterocycles. The molecule has 3 heterocycles. The molecule has 116 valence electrons. The Balaban J connectivity index is 1.63. The number of nitrogens with zero attached hydrogens (tertiary/aromatic N) is 5. The molecule has 0 aromatic carbocycles. The lowest BCUT2D eigenvalue weighted by molar-refractivity contribution is -0.127. The van der Waals surface area contributed by atoms with Gasteiger partial charge >= 0.3 is 0 Å². The SMILES string of the molecule is CCn1cc(-c2cnc(C[C@H]3CCN(C(C)=O)C3)cn2)cn1. The maximum absolute atomic E-state index is 11.4. The van der Waals surface area contributed by atoms with Crippen LogP contribution in [0.25, 0.3) is 11.3 Å². The summed E-state index contributed by atoms with van der Waals surface area (Å²) in [6.45, 7) is 6.23. The lowest BCUT2D eigenvalue weighted by Gasteiger charge is -2.13. The summed E-state index contributed by atoms with van der Waals surface area (Å²) >= 11 is 0. The number of likely N-dealkylation sites (tertiary alicyclic amines) is 1. The first kappa shape index (κ1) is 14.7. The Morgan fingerprint density at radius 1 is 1.32 bits per heavy atom. The molecule has 1 aliphatic rings. The number of aromatic nitrogens is 4. The number of amides is 1. The van der Waals surface area contributed by atoms with Gasteiger partial charge in [-0.25, -0.2) is 0 Å². The van der Waals surface area contributed by atoms with E-state index in [2.05, 4.69) is 22.0 Å². The van der Waals surface area contributed by atoms with Gasteiger partial charge in [0.1, 0.15) is 0 Å². The maximum Gasteiger partial charge on any atom is 0.219 e. The van der Waals surface area contributed by atoms with Crippen LogP contribution in [0.5, 0.6) is 0 Å². The number of aryl methyl sites for hydroxylation is 1. The minimum Gasteiger partial charge on any atom is -0.343 e. The van der Waals surface area contributed by atoms with E-state index in [0.29, 0.717) is 5.92 Å². The van der Waals surface area contributed by atoms with E-state index < -0.39 is 0 Å². The number of carbonyl (C=O) groups excluding carboxylic acids is 1. The van der Waals surface area contributed by atoms with Gasteiger partial charge in [-0.2, -0.15) is 5.10 Å². The Kier molecular flexibility index (Phi) is 4.18. The molecular weight excluding hydrogens is 278 g/mol. The highest BCUT2D eigenvalue weighted by atomic mass is 16.2. The van der Waals surface area contributed by atoms with Crippen LogP contribution in [-0.2, 0) is 17.8 Å². The molecule has 2 aromatic rings. The van der Waals surface area contributed by atoms with Crippen LogP contribution in [0.1, 0.15) is 26.0 Å². The van der Waals surface area contributed by atoms with Crippen molar-refractivity contribution in [3.63, 3.8) is 0 Å². The topological polar surface area (TPSA) is 63.9 Å². The van der Waals surface area contributed by atoms with E-state index in [9.17, 15) is 4.79 Å². The molecule has 1 aliphatic heterocycles. The molecule has 1 atom stereocenters. The Labute approximate surface area is 130 Å². The van der Waals surface area contributed by atoms with Crippen molar-refractivity contribution in [3.05, 3.63) is 30.5 Å². The van der Waals surface area contributed by atoms with Gasteiger partial charge in [-0.15, -0.1) is 0 Å². The molecule has 6 heteroatoms. The molecule has 0 aliphatic carbocycles. The Bertz CT molecular complexity index is 649. The summed E-state index contributed by atoms with van der Waals surface area (Å²) < 4.78 is 1.87. The van der Waals surface area contributed by atoms with Gasteiger partial charge in [-0.05, 0) is 25.7 Å². The van der Waals surface area contributed by atoms with Crippen LogP contribution in [0.2, 0.25) is 0 Å². The quantitative estimate of drug-likeness (QED) is 0.863. The fourth-order valence-corrected chi connectivity index (χ4v) is 2.86. The fraction of sp³-hybridized carbons (Fsp3) is 0.500. The minimum atomic E-state index is 0.164. The minimum absolute atomic E-state index is 0.164. The Hall–Kier alpha value is -2.24. The summed E-state index contributed by atoms with van der Waals surface area (Å²) in [7, 11) is 0. The van der Waals surface area contributed by atoms with Gasteiger partial charge in [0, 0.05) is 44.5 Å². The van der Waals surface area contributed by atoms with Crippen molar-refractivity contribution in [1.29, 1.82) is 0 Å². The van der Waals surface area contributed by atoms with Gasteiger partial charge in [0.05, 0.1) is 23.8 Å². The lowest BCUT2D eigenvalue weighted by atomic mass is 10.0. The van der Waals surface area contributed by atoms with Crippen LogP contribution >= 0.6 is 0 Å². The first-order valence-corrected chi connectivity index (χ1v) is 7.75. The molecule has 0 radical (unpaired) electrons. The highest BCUT2D eigenvalue weighted by molar-refractivity contribution is 5.73. The summed E-state index contributed by atoms with van der Waals surface area (Å²) in [6.07, 6.45) is 9.37. The molecule has 6 nitrogen and oxygen atoms in total. The highest BCUT2D eigenvalue weighted by Gasteiger charge is 2.24. The summed E-state index contributed by atoms with van der Waals surface area (Å²) in [6, 6.07) is 0. The Morgan fingerprint density at radius 2 is 2.18 bits per heavy atom. The molecule has 0 spiro atoms. The zero-order chi connectivity index (χ0) is 15.5. The molecule has 0 unspecified atom stereocenters. The molecule has 0 saturated carbocycles. The molecule has 2 aromatic heterocycles. The van der Waals surface area contributed by atoms with E-state index in [1.165, 1.54) is 0 Å². The average molecular weight is 299 g/mol. The second-order valence-electron chi connectivity index (χ2n) is 5.80. The van der Waals surface area contributed by atoms with E-state index in [4.69, 9.17) is 0 Å². The average Bonchev–Trinajstić information content (AvgIpc) is 3.17. The standard InChI is InChI=1S/C16H21N5O/c1-3-21-11-14(7-19-21)16-9-17-15(8-18-16)6-13-4-5-20(10-13)12(2)22/h7-9,11,13H,3-6,10H2,1-2H3/t13-/m1/s1. The summed E-state index contributed by atoms with van der Waals surface area (Å²) in [5.41, 5.74) is 2.83. The number of carbonyl (C=O) groups is 1. The van der Waals surface area contributed by atoms with E-state index in [1.54, 1.807) is 6.92 Å². The van der Waals surface area contributed by atoms with Crippen molar-refractivity contribution in [2.24, 2.45) is 5.92 Å². The monoisotopic (exact) mass is 299 g/mol. The lowest BCUT2D eigenvalue weighted by Crippen LogP contribution is -2.26. The van der Waals surface area contributed by atoms with Crippen molar-refractivity contribution in [2.75, 3.05) is 13.1 Å². The number of hydrogen-bond acceptors (Lipinski definition) is 4. The summed E-state index contributed by atoms with van der Waals surface area (Å²) in [4.78, 5) is 22.3. The van der Waals surface area contributed by atoms with Gasteiger partial charge in [-0.1, -0.05) is 0 Å². The van der Waals surface area contributed by atoms with E-state index in [-0.39, 0.29) is 5.91 Å². The third kappa shape index (κ3) is 3.16. The normalized spacial score (nSPS) is 17.9. The van der Waals surface area contributed by atoms with Gasteiger partial charge in [0.15, 0.2) is 0 Å². The van der Waals surface area contributed by atoms with Gasteiger partial charge < -0.3 is 4.90 Å². The predicted molar refractivity (Wildman–Crippen MR) is 83.0 cm³/mol. The second-order valence-corrected chi connectivity index (χ2v) is 5.80. The molecule has 1 amide bonds. The van der Waals surface area contributed by atoms with E-state index in [0.717, 1.165) is 49.4 Å². The third-order valence-corrected chi connectivity index (χ3v) is 4.19. The molecular formula is C16H21N5O. The molecule has 0 N–H and O–H groups in total. The van der Waals surface area contributed by atoms with Crippen LogP contribution < -0.4 is 0 Å². The fourth-order valence-electron chi connectivity index (χ4n) is 2.86. The highest BCUT2D eigenvalue weighted by Crippen LogP contribution is 2.21. The smallest absolute Gasteiger partial charge is 0.219 e. The maximum atomic E-state index is 11.4. The van der Waals surface area contributed by atoms with E-state index >= 15 is 0 Å². The van der Waals surface area contributed by atoms with E-state index in [1.807, 2.05) is 34.4 Å². The van der Waals surface area contributed by atoms with Crippen molar-refractivity contribution in [2.45, 2.75) is 33.2 Å². The van der Waals surface area contributed by atoms with Crippen molar-refractivity contribution in [3.8, 4) is 11.3 Å². The van der Waals surface area contributed by atoms with Gasteiger partial charge in [0.25, 0.3) is 0 Å². The van der Waals surface area contributed by atoms with Crippen LogP contribution in [0.15, 0.2) is 24.8 Å². The third-order valence-electron chi connectivity index (χ3n) is 4.19. The zero-order valence-corrected chi connectivity index (χ0v) is 13.1. The Morgan fingerprint density at radius 3 is 2.77 bits per heavy atom. The van der Waals surface area contributed by atoms with Gasteiger partial charge in [0.2, 0.25) is 5.91 Å². The summed E-state index contributed by atoms with van der Waals surface area (Å²) in [5, 5.41) is 4.25. The zero-order valence-electron chi connectivity index (χ0n) is 13.1. The van der Waals surface area contributed by atoms with Crippen LogP contribution in [0, 0.1) is 5.92 Å². The first-order chi connectivity index (χ1) is 10.7. The summed E-state index contributed by atoms with van der Waals surface area (Å²) in [5.74, 6) is 0.656. The van der Waals surface area contributed by atoms with Crippen LogP contribution in [0.4, 0.5) is 0 Å². The van der Waals surface area contributed by atoms with Crippen molar-refractivity contribution >= 4 is 5.91 Å². The molecule has 22 heavy (non-hydrogen) atoms. The first-order valence-electron chi connectivity index (χ1n) is 7.75. The predicted octanol–water partition coefficient (Wildman–Crippen LogP) is 1.77. The van der Waals surface area contributed by atoms with Crippen LogP contribution in [-0.4, -0.2) is 43.6 Å². The van der Waals surface area contributed by atoms with Crippen LogP contribution in [0.3, 0.4) is 0 Å². The number of rotatable bonds is 4. The van der Waals surface area contributed by atoms with Gasteiger partial charge in [-0.3, -0.25) is 19.4 Å². The number of hydrogen-bond donors (Lipinski definition) is 0. The molecule has 3 rings (SSSR count). The van der Waals surface area contributed by atoms with Crippen molar-refractivity contribution < 1.29 is 4.79 Å². The van der Waals surface area contributed by atoms with Crippen molar-refractivity contribution in [1.82, 2.24) is 24.6 Å². The second kappa shape index (κ2) is 6.25. The molecule has 1 fully saturated rings.